The summed E-state index contributed by atoms with van der Waals surface area (Å²) in [6.07, 6.45) is 0.707. The third-order valence-electron chi connectivity index (χ3n) is 5.25. The van der Waals surface area contributed by atoms with Crippen LogP contribution in [0.5, 0.6) is 0 Å². The Morgan fingerprint density at radius 2 is 1.79 bits per heavy atom. The van der Waals surface area contributed by atoms with Crippen LogP contribution < -0.4 is 9.62 Å². The summed E-state index contributed by atoms with van der Waals surface area (Å²) in [5, 5.41) is 7.73. The van der Waals surface area contributed by atoms with Crippen LogP contribution in [0.4, 0.5) is 5.69 Å². The normalized spacial score (nSPS) is 14.6. The fourth-order valence-electron chi connectivity index (χ4n) is 3.88. The third-order valence-corrected chi connectivity index (χ3v) is 8.06. The molecular formula is C22H18N2O3S2. The average molecular weight is 423 g/mol. The van der Waals surface area contributed by atoms with Crippen LogP contribution in [-0.4, -0.2) is 27.4 Å². The van der Waals surface area contributed by atoms with E-state index in [0.29, 0.717) is 24.0 Å². The molecule has 0 fully saturated rings. The molecule has 0 radical (unpaired) electrons. The van der Waals surface area contributed by atoms with Crippen molar-refractivity contribution in [3.8, 4) is 0 Å². The number of sulfonamides is 1. The predicted molar refractivity (Wildman–Crippen MR) is 117 cm³/mol. The monoisotopic (exact) mass is 422 g/mol. The second-order valence-electron chi connectivity index (χ2n) is 7.00. The number of hydrogen-bond donors (Lipinski definition) is 1. The van der Waals surface area contributed by atoms with Crippen LogP contribution in [0.25, 0.3) is 20.9 Å². The summed E-state index contributed by atoms with van der Waals surface area (Å²) in [6.45, 7) is 0.241. The first-order valence-electron chi connectivity index (χ1n) is 9.32. The van der Waals surface area contributed by atoms with Crippen LogP contribution in [0.3, 0.4) is 0 Å². The smallest absolute Gasteiger partial charge is 0.265 e. The molecule has 29 heavy (non-hydrogen) atoms. The molecule has 1 N–H and O–H groups in total. The molecule has 0 bridgehead atoms. The van der Waals surface area contributed by atoms with Gasteiger partial charge >= 0.3 is 0 Å². The van der Waals surface area contributed by atoms with Gasteiger partial charge in [-0.25, -0.2) is 8.42 Å². The molecular weight excluding hydrogens is 404 g/mol. The van der Waals surface area contributed by atoms with Gasteiger partial charge in [-0.2, -0.15) is 0 Å². The van der Waals surface area contributed by atoms with Crippen molar-refractivity contribution in [3.63, 3.8) is 0 Å². The van der Waals surface area contributed by atoms with E-state index in [1.807, 2.05) is 30.3 Å². The maximum absolute atomic E-state index is 13.0. The first kappa shape index (κ1) is 18.1. The molecule has 1 amide bonds. The number of amides is 1. The number of carbonyl (C=O) groups excluding carboxylic acids is 1. The number of benzene rings is 3. The lowest BCUT2D eigenvalue weighted by atomic mass is 10.1. The van der Waals surface area contributed by atoms with Crippen molar-refractivity contribution in [1.82, 2.24) is 5.32 Å². The minimum absolute atomic E-state index is 0.222. The predicted octanol–water partition coefficient (Wildman–Crippen LogP) is 3.92. The molecule has 5 nitrogen and oxygen atoms in total. The second kappa shape index (κ2) is 6.86. The van der Waals surface area contributed by atoms with Gasteiger partial charge in [-0.1, -0.05) is 42.5 Å². The first-order chi connectivity index (χ1) is 14.1. The van der Waals surface area contributed by atoms with Crippen LogP contribution in [0.15, 0.2) is 70.9 Å². The molecule has 146 valence electrons. The summed E-state index contributed by atoms with van der Waals surface area (Å²) in [4.78, 5) is 12.8. The second-order valence-corrected chi connectivity index (χ2v) is 9.74. The van der Waals surface area contributed by atoms with Crippen LogP contribution in [0, 0.1) is 0 Å². The molecule has 0 spiro atoms. The first-order valence-corrected chi connectivity index (χ1v) is 11.6. The molecule has 0 aliphatic carbocycles. The van der Waals surface area contributed by atoms with Gasteiger partial charge in [0, 0.05) is 16.6 Å². The Balaban J connectivity index is 1.31. The van der Waals surface area contributed by atoms with E-state index in [2.05, 4.69) is 22.8 Å². The molecule has 2 heterocycles. The van der Waals surface area contributed by atoms with Crippen LogP contribution in [0.2, 0.25) is 0 Å². The van der Waals surface area contributed by atoms with E-state index >= 15 is 0 Å². The molecule has 1 aromatic heterocycles. The summed E-state index contributed by atoms with van der Waals surface area (Å²) in [5.74, 6) is -0.307. The quantitative estimate of drug-likeness (QED) is 0.530. The molecule has 0 saturated heterocycles. The van der Waals surface area contributed by atoms with E-state index in [0.717, 1.165) is 5.39 Å². The van der Waals surface area contributed by atoms with Gasteiger partial charge in [0.25, 0.3) is 10.0 Å². The molecule has 1 aliphatic heterocycles. The van der Waals surface area contributed by atoms with Crippen LogP contribution in [-0.2, 0) is 21.2 Å². The minimum Gasteiger partial charge on any atom is -0.354 e. The van der Waals surface area contributed by atoms with Gasteiger partial charge < -0.3 is 5.32 Å². The Labute approximate surface area is 172 Å². The van der Waals surface area contributed by atoms with Gasteiger partial charge in [-0.15, -0.1) is 11.3 Å². The maximum atomic E-state index is 13.0. The van der Waals surface area contributed by atoms with Crippen molar-refractivity contribution in [3.05, 3.63) is 71.6 Å². The van der Waals surface area contributed by atoms with Crippen molar-refractivity contribution in [2.45, 2.75) is 11.3 Å². The van der Waals surface area contributed by atoms with Gasteiger partial charge in [-0.3, -0.25) is 9.10 Å². The average Bonchev–Trinajstić information content (AvgIpc) is 3.22. The highest BCUT2D eigenvalue weighted by atomic mass is 32.2. The third kappa shape index (κ3) is 2.97. The molecule has 0 atom stereocenters. The van der Waals surface area contributed by atoms with Gasteiger partial charge in [0.1, 0.15) is 6.54 Å². The number of hydrogen-bond acceptors (Lipinski definition) is 4. The lowest BCUT2D eigenvalue weighted by Gasteiger charge is -2.18. The number of rotatable bonds is 5. The summed E-state index contributed by atoms with van der Waals surface area (Å²) < 4.78 is 28.3. The number of nitrogens with zero attached hydrogens (tertiary/aromatic N) is 1. The molecule has 0 unspecified atom stereocenters. The van der Waals surface area contributed by atoms with Crippen molar-refractivity contribution in [2.75, 3.05) is 17.4 Å². The summed E-state index contributed by atoms with van der Waals surface area (Å²) in [5.41, 5.74) is 1.76. The molecule has 0 saturated carbocycles. The highest BCUT2D eigenvalue weighted by Gasteiger charge is 2.36. The van der Waals surface area contributed by atoms with Gasteiger partial charge in [0.05, 0.1) is 10.6 Å². The summed E-state index contributed by atoms with van der Waals surface area (Å²) in [7, 11) is -3.72. The molecule has 3 aromatic carbocycles. The number of nitrogens with one attached hydrogen (secondary N) is 1. The van der Waals surface area contributed by atoms with Crippen LogP contribution in [0.1, 0.15) is 5.56 Å². The Morgan fingerprint density at radius 1 is 1.00 bits per heavy atom. The zero-order chi connectivity index (χ0) is 20.0. The zero-order valence-electron chi connectivity index (χ0n) is 15.5. The lowest BCUT2D eigenvalue weighted by Crippen LogP contribution is -2.39. The van der Waals surface area contributed by atoms with E-state index < -0.39 is 10.0 Å². The molecule has 5 rings (SSSR count). The van der Waals surface area contributed by atoms with E-state index in [-0.39, 0.29) is 17.3 Å². The Bertz CT molecular complexity index is 1350. The fourth-order valence-corrected chi connectivity index (χ4v) is 6.54. The van der Waals surface area contributed by atoms with Crippen molar-refractivity contribution in [2.24, 2.45) is 0 Å². The van der Waals surface area contributed by atoms with Gasteiger partial charge in [0.15, 0.2) is 0 Å². The van der Waals surface area contributed by atoms with E-state index in [4.69, 9.17) is 0 Å². The Kier molecular flexibility index (Phi) is 4.29. The standard InChI is InChI=1S/C22H18N2O3S2/c25-21(23-12-11-16-14-28-19-9-2-1-7-17(16)19)13-24-18-8-3-5-15-6-4-10-20(22(15)18)29(24,26)27/h1-10,14H,11-13H2,(H,23,25). The molecule has 4 aromatic rings. The number of thiophene rings is 1. The largest absolute Gasteiger partial charge is 0.354 e. The van der Waals surface area contributed by atoms with Gasteiger partial charge in [-0.05, 0) is 46.3 Å². The minimum atomic E-state index is -3.72. The highest BCUT2D eigenvalue weighted by molar-refractivity contribution is 7.93. The molecule has 1 aliphatic rings. The Hall–Kier alpha value is -2.90. The Morgan fingerprint density at radius 3 is 2.66 bits per heavy atom. The van der Waals surface area contributed by atoms with Crippen molar-refractivity contribution >= 4 is 53.8 Å². The summed E-state index contributed by atoms with van der Waals surface area (Å²) >= 11 is 1.69. The number of fused-ring (bicyclic) bond motifs is 1. The zero-order valence-corrected chi connectivity index (χ0v) is 17.1. The van der Waals surface area contributed by atoms with Crippen LogP contribution >= 0.6 is 11.3 Å². The summed E-state index contributed by atoms with van der Waals surface area (Å²) in [6, 6.07) is 18.8. The number of anilines is 1. The maximum Gasteiger partial charge on any atom is 0.265 e. The van der Waals surface area contributed by atoms with Gasteiger partial charge in [0.2, 0.25) is 5.91 Å². The van der Waals surface area contributed by atoms with E-state index in [1.165, 1.54) is 20.0 Å². The fraction of sp³-hybridized carbons (Fsp3) is 0.136. The van der Waals surface area contributed by atoms with E-state index in [9.17, 15) is 13.2 Å². The van der Waals surface area contributed by atoms with E-state index in [1.54, 1.807) is 29.5 Å². The topological polar surface area (TPSA) is 66.5 Å². The SMILES string of the molecule is O=C(CN1c2cccc3cccc(c23)S1(=O)=O)NCCc1csc2ccccc12. The lowest BCUT2D eigenvalue weighted by molar-refractivity contribution is -0.119. The number of carbonyl (C=O) groups is 1. The van der Waals surface area contributed by atoms with Crippen molar-refractivity contribution < 1.29 is 13.2 Å². The van der Waals surface area contributed by atoms with Crippen molar-refractivity contribution in [1.29, 1.82) is 0 Å². The highest BCUT2D eigenvalue weighted by Crippen LogP contribution is 2.41. The molecule has 7 heteroatoms.